The molecule has 2 fully saturated rings. The monoisotopic (exact) mass is 239 g/mol. The third-order valence-corrected chi connectivity index (χ3v) is 4.70. The Hall–Kier alpha value is -0.610. The summed E-state index contributed by atoms with van der Waals surface area (Å²) in [6, 6.07) is 0.430. The van der Waals surface area contributed by atoms with E-state index >= 15 is 0 Å². The normalized spacial score (nSPS) is 40.1. The van der Waals surface area contributed by atoms with E-state index in [-0.39, 0.29) is 11.9 Å². The lowest BCUT2D eigenvalue weighted by Gasteiger charge is -2.46. The van der Waals surface area contributed by atoms with Gasteiger partial charge in [-0.3, -0.25) is 9.69 Å². The summed E-state index contributed by atoms with van der Waals surface area (Å²) in [5.74, 6) is 1.25. The van der Waals surface area contributed by atoms with Gasteiger partial charge in [-0.05, 0) is 18.3 Å². The summed E-state index contributed by atoms with van der Waals surface area (Å²) in [6.45, 7) is 7.30. The number of hydrogen-bond donors (Lipinski definition) is 2. The van der Waals surface area contributed by atoms with E-state index in [9.17, 15) is 4.79 Å². The van der Waals surface area contributed by atoms with E-state index in [2.05, 4.69) is 24.1 Å². The molecule has 2 aliphatic rings. The molecule has 0 aromatic heterocycles. The Bertz CT molecular complexity index is 282. The van der Waals surface area contributed by atoms with Gasteiger partial charge in [0.2, 0.25) is 5.91 Å². The average Bonchev–Trinajstić information content (AvgIpc) is 2.33. The third-order valence-electron chi connectivity index (χ3n) is 4.70. The van der Waals surface area contributed by atoms with Crippen molar-refractivity contribution in [2.24, 2.45) is 17.6 Å². The summed E-state index contributed by atoms with van der Waals surface area (Å²) in [5, 5.41) is 3.27. The van der Waals surface area contributed by atoms with Gasteiger partial charge in [0.15, 0.2) is 0 Å². The zero-order valence-corrected chi connectivity index (χ0v) is 11.0. The van der Waals surface area contributed by atoms with E-state index in [4.69, 9.17) is 5.73 Å². The van der Waals surface area contributed by atoms with Gasteiger partial charge in [0.25, 0.3) is 0 Å². The molecule has 0 spiro atoms. The predicted molar refractivity (Wildman–Crippen MR) is 68.5 cm³/mol. The van der Waals surface area contributed by atoms with Gasteiger partial charge in [0.1, 0.15) is 6.04 Å². The van der Waals surface area contributed by atoms with Gasteiger partial charge in [0, 0.05) is 25.7 Å². The van der Waals surface area contributed by atoms with E-state index in [1.165, 1.54) is 19.3 Å². The first kappa shape index (κ1) is 12.8. The van der Waals surface area contributed by atoms with E-state index in [0.717, 1.165) is 19.0 Å². The van der Waals surface area contributed by atoms with Crippen LogP contribution in [0.2, 0.25) is 0 Å². The molecule has 1 amide bonds. The summed E-state index contributed by atoms with van der Waals surface area (Å²) in [5.41, 5.74) is 5.52. The number of hydrogen-bond acceptors (Lipinski definition) is 3. The van der Waals surface area contributed by atoms with Gasteiger partial charge >= 0.3 is 0 Å². The molecule has 0 aromatic carbocycles. The van der Waals surface area contributed by atoms with Gasteiger partial charge in [0.05, 0.1) is 0 Å². The van der Waals surface area contributed by atoms with Crippen LogP contribution in [0, 0.1) is 11.8 Å². The predicted octanol–water partition coefficient (Wildman–Crippen LogP) is 0.570. The van der Waals surface area contributed by atoms with Gasteiger partial charge < -0.3 is 11.1 Å². The van der Waals surface area contributed by atoms with Crippen molar-refractivity contribution >= 4 is 5.91 Å². The lowest BCUT2D eigenvalue weighted by atomic mass is 9.76. The molecular weight excluding hydrogens is 214 g/mol. The van der Waals surface area contributed by atoms with Gasteiger partial charge in [-0.15, -0.1) is 0 Å². The van der Waals surface area contributed by atoms with Crippen molar-refractivity contribution in [1.82, 2.24) is 10.2 Å². The molecule has 98 valence electrons. The summed E-state index contributed by atoms with van der Waals surface area (Å²) in [6.07, 6.45) is 3.83. The lowest BCUT2D eigenvalue weighted by molar-refractivity contribution is -0.126. The first-order valence-electron chi connectivity index (χ1n) is 6.87. The number of rotatable bonds is 2. The summed E-state index contributed by atoms with van der Waals surface area (Å²) in [7, 11) is 0. The molecule has 1 aliphatic carbocycles. The topological polar surface area (TPSA) is 58.4 Å². The minimum absolute atomic E-state index is 0.110. The molecule has 4 unspecified atom stereocenters. The molecule has 1 saturated heterocycles. The van der Waals surface area contributed by atoms with Crippen molar-refractivity contribution in [2.75, 3.05) is 19.6 Å². The molecule has 4 nitrogen and oxygen atoms in total. The van der Waals surface area contributed by atoms with Crippen LogP contribution in [-0.2, 0) is 4.79 Å². The number of nitrogens with two attached hydrogens (primary N) is 1. The van der Waals surface area contributed by atoms with Crippen LogP contribution in [-0.4, -0.2) is 42.5 Å². The maximum Gasteiger partial charge on any atom is 0.236 e. The number of carbonyl (C=O) groups excluding carboxylic acids is 1. The molecule has 4 heteroatoms. The average molecular weight is 239 g/mol. The first-order chi connectivity index (χ1) is 8.11. The van der Waals surface area contributed by atoms with Crippen LogP contribution < -0.4 is 11.1 Å². The van der Waals surface area contributed by atoms with Crippen LogP contribution in [0.15, 0.2) is 0 Å². The Labute approximate surface area is 104 Å². The maximum atomic E-state index is 11.5. The minimum Gasteiger partial charge on any atom is -0.368 e. The number of primary amides is 1. The Kier molecular flexibility index (Phi) is 4.05. The highest BCUT2D eigenvalue weighted by molar-refractivity contribution is 5.80. The van der Waals surface area contributed by atoms with Crippen molar-refractivity contribution < 1.29 is 4.79 Å². The summed E-state index contributed by atoms with van der Waals surface area (Å²) >= 11 is 0. The number of piperazine rings is 1. The second-order valence-corrected chi connectivity index (χ2v) is 5.69. The first-order valence-corrected chi connectivity index (χ1v) is 6.87. The summed E-state index contributed by atoms with van der Waals surface area (Å²) < 4.78 is 0. The standard InChI is InChI=1S/C13H25N3O/c1-9-4-3-5-11(10(9)2)16-7-6-15-8-12(16)13(14)17/h9-12,15H,3-8H2,1-2H3,(H2,14,17). The van der Waals surface area contributed by atoms with Gasteiger partial charge in [-0.25, -0.2) is 0 Å². The van der Waals surface area contributed by atoms with Crippen molar-refractivity contribution in [2.45, 2.75) is 45.2 Å². The highest BCUT2D eigenvalue weighted by atomic mass is 16.1. The molecule has 0 radical (unpaired) electrons. The molecule has 0 aromatic rings. The smallest absolute Gasteiger partial charge is 0.236 e. The second-order valence-electron chi connectivity index (χ2n) is 5.69. The Morgan fingerprint density at radius 1 is 1.35 bits per heavy atom. The minimum atomic E-state index is -0.178. The van der Waals surface area contributed by atoms with Crippen LogP contribution >= 0.6 is 0 Å². The largest absolute Gasteiger partial charge is 0.368 e. The lowest BCUT2D eigenvalue weighted by Crippen LogP contribution is -2.62. The van der Waals surface area contributed by atoms with E-state index in [1.807, 2.05) is 0 Å². The van der Waals surface area contributed by atoms with Crippen LogP contribution in [0.4, 0.5) is 0 Å². The van der Waals surface area contributed by atoms with Crippen LogP contribution in [0.3, 0.4) is 0 Å². The highest BCUT2D eigenvalue weighted by Gasteiger charge is 2.37. The molecule has 1 aliphatic heterocycles. The van der Waals surface area contributed by atoms with Gasteiger partial charge in [-0.2, -0.15) is 0 Å². The SMILES string of the molecule is CC1CCCC(N2CCNCC2C(N)=O)C1C. The Morgan fingerprint density at radius 3 is 2.82 bits per heavy atom. The molecule has 2 rings (SSSR count). The molecule has 17 heavy (non-hydrogen) atoms. The molecule has 4 atom stereocenters. The van der Waals surface area contributed by atoms with Crippen LogP contribution in [0.1, 0.15) is 33.1 Å². The zero-order valence-electron chi connectivity index (χ0n) is 11.0. The van der Waals surface area contributed by atoms with E-state index < -0.39 is 0 Å². The van der Waals surface area contributed by atoms with Crippen molar-refractivity contribution in [3.05, 3.63) is 0 Å². The van der Waals surface area contributed by atoms with Crippen molar-refractivity contribution in [3.63, 3.8) is 0 Å². The second kappa shape index (κ2) is 5.36. The van der Waals surface area contributed by atoms with E-state index in [0.29, 0.717) is 18.5 Å². The fraction of sp³-hybridized carbons (Fsp3) is 0.923. The number of amides is 1. The highest BCUT2D eigenvalue weighted by Crippen LogP contribution is 2.33. The van der Waals surface area contributed by atoms with Crippen molar-refractivity contribution in [1.29, 1.82) is 0 Å². The quantitative estimate of drug-likeness (QED) is 0.741. The number of nitrogens with zero attached hydrogens (tertiary/aromatic N) is 1. The fourth-order valence-electron chi connectivity index (χ4n) is 3.40. The fourth-order valence-corrected chi connectivity index (χ4v) is 3.40. The zero-order chi connectivity index (χ0) is 12.4. The Balaban J connectivity index is 2.09. The molecule has 1 saturated carbocycles. The van der Waals surface area contributed by atoms with Crippen molar-refractivity contribution in [3.8, 4) is 0 Å². The van der Waals surface area contributed by atoms with Crippen LogP contribution in [0.5, 0.6) is 0 Å². The third kappa shape index (κ3) is 2.63. The van der Waals surface area contributed by atoms with Gasteiger partial charge in [-0.1, -0.05) is 26.7 Å². The van der Waals surface area contributed by atoms with E-state index in [1.54, 1.807) is 0 Å². The number of carbonyl (C=O) groups is 1. The molecule has 0 bridgehead atoms. The number of nitrogens with one attached hydrogen (secondary N) is 1. The maximum absolute atomic E-state index is 11.5. The Morgan fingerprint density at radius 2 is 2.12 bits per heavy atom. The van der Waals surface area contributed by atoms with Crippen LogP contribution in [0.25, 0.3) is 0 Å². The molecular formula is C13H25N3O. The molecule has 1 heterocycles. The summed E-state index contributed by atoms with van der Waals surface area (Å²) in [4.78, 5) is 13.9. The molecule has 3 N–H and O–H groups in total.